The fraction of sp³-hybridized carbons (Fsp3) is 0.957. The van der Waals surface area contributed by atoms with Crippen molar-refractivity contribution in [3.8, 4) is 0 Å². The van der Waals surface area contributed by atoms with Gasteiger partial charge in [-0.25, -0.2) is 9.45 Å². The number of phosphoric ester groups is 1. The molecule has 0 saturated heterocycles. The summed E-state index contributed by atoms with van der Waals surface area (Å²) in [6.45, 7) is 1.41. The quantitative estimate of drug-likeness (QED) is 0.0474. The maximum Gasteiger partial charge on any atom is 0.472 e. The number of rotatable bonds is 25. The highest BCUT2D eigenvalue weighted by Gasteiger charge is 2.24. The molecule has 0 amide bonds. The normalized spacial score (nSPS) is 14.2. The van der Waals surface area contributed by atoms with Gasteiger partial charge in [0.2, 0.25) is 0 Å². The van der Waals surface area contributed by atoms with Crippen molar-refractivity contribution in [2.45, 2.75) is 116 Å². The van der Waals surface area contributed by atoms with Gasteiger partial charge in [-0.2, -0.15) is 0 Å². The first kappa shape index (κ1) is 32.5. The van der Waals surface area contributed by atoms with Crippen LogP contribution in [0.5, 0.6) is 0 Å². The highest BCUT2D eigenvalue weighted by atomic mass is 31.2. The Morgan fingerprint density at radius 1 is 0.818 bits per heavy atom. The van der Waals surface area contributed by atoms with Crippen LogP contribution in [0.3, 0.4) is 0 Å². The fourth-order valence-electron chi connectivity index (χ4n) is 3.39. The molecule has 0 aliphatic carbocycles. The third-order valence-electron chi connectivity index (χ3n) is 5.36. The van der Waals surface area contributed by atoms with Crippen LogP contribution in [-0.4, -0.2) is 48.6 Å². The van der Waals surface area contributed by atoms with Crippen LogP contribution in [0.2, 0.25) is 0 Å². The molecule has 198 valence electrons. The molecule has 0 saturated carbocycles. The third-order valence-corrected chi connectivity index (χ3v) is 6.34. The first-order valence-corrected chi connectivity index (χ1v) is 14.2. The van der Waals surface area contributed by atoms with Gasteiger partial charge in [-0.1, -0.05) is 96.8 Å². The number of phosphoric acid groups is 1. The summed E-state index contributed by atoms with van der Waals surface area (Å²) >= 11 is 0. The largest absolute Gasteiger partial charge is 0.472 e. The number of hydrogen-bond acceptors (Lipinski definition) is 8. The Morgan fingerprint density at radius 2 is 1.30 bits per heavy atom. The molecule has 0 fully saturated rings. The van der Waals surface area contributed by atoms with Crippen LogP contribution in [0.4, 0.5) is 0 Å². The van der Waals surface area contributed by atoms with Gasteiger partial charge in [-0.3, -0.25) is 19.1 Å². The topological polar surface area (TPSA) is 138 Å². The molecule has 10 heteroatoms. The summed E-state index contributed by atoms with van der Waals surface area (Å²) in [5.41, 5.74) is 5.18. The number of nitrogens with two attached hydrogens (primary N) is 1. The van der Waals surface area contributed by atoms with Crippen molar-refractivity contribution in [1.82, 2.24) is 0 Å². The number of carbonyl (C=O) groups excluding carboxylic acids is 1. The van der Waals surface area contributed by atoms with E-state index in [1.807, 2.05) is 0 Å². The van der Waals surface area contributed by atoms with Crippen molar-refractivity contribution >= 4 is 13.8 Å². The van der Waals surface area contributed by atoms with Crippen LogP contribution in [0.25, 0.3) is 0 Å². The van der Waals surface area contributed by atoms with Crippen LogP contribution in [0.1, 0.15) is 110 Å². The molecular weight excluding hydrogens is 449 g/mol. The second-order valence-electron chi connectivity index (χ2n) is 8.50. The molecule has 2 atom stereocenters. The molecular formula is C23H48NO8P. The zero-order valence-electron chi connectivity index (χ0n) is 20.6. The molecule has 0 aromatic heterocycles. The summed E-state index contributed by atoms with van der Waals surface area (Å²) in [5.74, 6) is -0.404. The minimum Gasteiger partial charge on any atom is -0.463 e. The fourth-order valence-corrected chi connectivity index (χ4v) is 4.16. The Hall–Kier alpha value is -0.540. The average Bonchev–Trinajstić information content (AvgIpc) is 2.80. The van der Waals surface area contributed by atoms with Gasteiger partial charge in [0, 0.05) is 13.0 Å². The monoisotopic (exact) mass is 497 g/mol. The van der Waals surface area contributed by atoms with Crippen molar-refractivity contribution in [3.05, 3.63) is 0 Å². The van der Waals surface area contributed by atoms with Crippen molar-refractivity contribution in [1.29, 1.82) is 0 Å². The first-order chi connectivity index (χ1) is 15.9. The smallest absolute Gasteiger partial charge is 0.463 e. The van der Waals surface area contributed by atoms with Crippen molar-refractivity contribution in [3.63, 3.8) is 0 Å². The Morgan fingerprint density at radius 3 is 1.76 bits per heavy atom. The maximum absolute atomic E-state index is 11.8. The Kier molecular flexibility index (Phi) is 22.8. The minimum atomic E-state index is -4.28. The Balaban J connectivity index is 3.53. The molecule has 0 rings (SSSR count). The van der Waals surface area contributed by atoms with Crippen molar-refractivity contribution in [2.24, 2.45) is 5.73 Å². The lowest BCUT2D eigenvalue weighted by molar-refractivity contribution is -0.290. The summed E-state index contributed by atoms with van der Waals surface area (Å²) in [4.78, 5) is 25.3. The van der Waals surface area contributed by atoms with Gasteiger partial charge in [0.25, 0.3) is 0 Å². The second kappa shape index (κ2) is 23.2. The molecule has 0 heterocycles. The van der Waals surface area contributed by atoms with E-state index in [1.165, 1.54) is 77.0 Å². The van der Waals surface area contributed by atoms with Gasteiger partial charge in [0.15, 0.2) is 6.10 Å². The van der Waals surface area contributed by atoms with E-state index in [4.69, 9.17) is 15.7 Å². The summed E-state index contributed by atoms with van der Waals surface area (Å²) in [7, 11) is -4.28. The van der Waals surface area contributed by atoms with Crippen LogP contribution in [-0.2, 0) is 28.0 Å². The molecule has 0 aromatic rings. The highest BCUT2D eigenvalue weighted by Crippen LogP contribution is 2.42. The molecule has 0 bridgehead atoms. The van der Waals surface area contributed by atoms with Crippen LogP contribution < -0.4 is 5.73 Å². The van der Waals surface area contributed by atoms with E-state index < -0.39 is 26.5 Å². The van der Waals surface area contributed by atoms with Crippen molar-refractivity contribution < 1.29 is 38.2 Å². The first-order valence-electron chi connectivity index (χ1n) is 12.7. The number of unbranched alkanes of at least 4 members (excludes halogenated alkanes) is 14. The predicted molar refractivity (Wildman–Crippen MR) is 129 cm³/mol. The molecule has 0 radical (unpaired) electrons. The number of carbonyl (C=O) groups is 1. The van der Waals surface area contributed by atoms with Crippen LogP contribution >= 0.6 is 7.82 Å². The molecule has 4 N–H and O–H groups in total. The van der Waals surface area contributed by atoms with E-state index in [-0.39, 0.29) is 26.2 Å². The molecule has 2 unspecified atom stereocenters. The number of hydrogen-bond donors (Lipinski definition) is 3. The van der Waals surface area contributed by atoms with Gasteiger partial charge in [-0.05, 0) is 6.42 Å². The standard InChI is InChI=1S/C23H48NO8P/c1-2-3-4-5-6-7-8-9-10-11-12-13-14-15-16-17-23(25)29-20-22(32-26)21-31-33(27,28)30-19-18-24/h22,26H,2-21,24H2,1H3,(H,27,28). The Labute approximate surface area is 200 Å². The molecule has 0 aromatic carbocycles. The molecule has 33 heavy (non-hydrogen) atoms. The zero-order chi connectivity index (χ0) is 24.6. The van der Waals surface area contributed by atoms with Crippen LogP contribution in [0.15, 0.2) is 0 Å². The molecule has 0 aliphatic heterocycles. The zero-order valence-corrected chi connectivity index (χ0v) is 21.5. The lowest BCUT2D eigenvalue weighted by atomic mass is 10.0. The lowest BCUT2D eigenvalue weighted by Gasteiger charge is -2.16. The summed E-state index contributed by atoms with van der Waals surface area (Å²) in [6, 6.07) is 0. The average molecular weight is 498 g/mol. The number of ether oxygens (including phenoxy) is 1. The molecule has 0 aliphatic rings. The van der Waals surface area contributed by atoms with Crippen molar-refractivity contribution in [2.75, 3.05) is 26.4 Å². The SMILES string of the molecule is CCCCCCCCCCCCCCCCCC(=O)OCC(COP(=O)(O)OCCN)OO. The van der Waals surface area contributed by atoms with Gasteiger partial charge < -0.3 is 15.4 Å². The molecule has 0 spiro atoms. The van der Waals surface area contributed by atoms with E-state index in [0.717, 1.165) is 19.3 Å². The van der Waals surface area contributed by atoms with Gasteiger partial charge in [0.05, 0.1) is 13.2 Å². The Bertz CT molecular complexity index is 495. The highest BCUT2D eigenvalue weighted by molar-refractivity contribution is 7.47. The van der Waals surface area contributed by atoms with E-state index in [1.54, 1.807) is 0 Å². The van der Waals surface area contributed by atoms with E-state index >= 15 is 0 Å². The maximum atomic E-state index is 11.8. The van der Waals surface area contributed by atoms with E-state index in [9.17, 15) is 14.3 Å². The molecule has 9 nitrogen and oxygen atoms in total. The summed E-state index contributed by atoms with van der Waals surface area (Å²) in [5, 5.41) is 8.83. The lowest BCUT2D eigenvalue weighted by Crippen LogP contribution is -2.26. The van der Waals surface area contributed by atoms with E-state index in [0.29, 0.717) is 0 Å². The second-order valence-corrected chi connectivity index (χ2v) is 9.95. The van der Waals surface area contributed by atoms with Gasteiger partial charge >= 0.3 is 13.8 Å². The summed E-state index contributed by atoms with van der Waals surface area (Å²) < 4.78 is 25.8. The number of esters is 1. The third kappa shape index (κ3) is 23.0. The van der Waals surface area contributed by atoms with Gasteiger partial charge in [0.1, 0.15) is 6.61 Å². The van der Waals surface area contributed by atoms with E-state index in [2.05, 4.69) is 20.9 Å². The van der Waals surface area contributed by atoms with Gasteiger partial charge in [-0.15, -0.1) is 0 Å². The predicted octanol–water partition coefficient (Wildman–Crippen LogP) is 5.74. The summed E-state index contributed by atoms with van der Waals surface area (Å²) in [6.07, 6.45) is 18.0. The minimum absolute atomic E-state index is 0.0603. The van der Waals surface area contributed by atoms with Crippen LogP contribution in [0, 0.1) is 0 Å².